The molecule has 180 valence electrons. The SMILES string of the molecule is O=C(NC[C@@H]1CCCO1)c1ccc2c(=O)n(Cc3ccco3)c(SCc3ccc(F)cc3)nc2c1. The molecule has 0 radical (unpaired) electrons. The highest BCUT2D eigenvalue weighted by atomic mass is 32.2. The van der Waals surface area contributed by atoms with Crippen molar-refractivity contribution < 1.29 is 18.3 Å². The predicted molar refractivity (Wildman–Crippen MR) is 131 cm³/mol. The molecule has 1 aliphatic heterocycles. The summed E-state index contributed by atoms with van der Waals surface area (Å²) in [6.07, 6.45) is 3.54. The number of nitrogens with one attached hydrogen (secondary N) is 1. The summed E-state index contributed by atoms with van der Waals surface area (Å²) < 4.78 is 25.9. The molecule has 1 N–H and O–H groups in total. The fraction of sp³-hybridized carbons (Fsp3) is 0.269. The minimum absolute atomic E-state index is 0.0424. The molecule has 4 aromatic rings. The number of benzene rings is 2. The van der Waals surface area contributed by atoms with Crippen molar-refractivity contribution in [3.05, 3.63) is 93.9 Å². The van der Waals surface area contributed by atoms with E-state index in [2.05, 4.69) is 5.32 Å². The van der Waals surface area contributed by atoms with Crippen molar-refractivity contribution in [2.75, 3.05) is 13.2 Å². The van der Waals surface area contributed by atoms with Gasteiger partial charge in [0.1, 0.15) is 11.6 Å². The van der Waals surface area contributed by atoms with Crippen molar-refractivity contribution in [2.45, 2.75) is 36.4 Å². The fourth-order valence-electron chi connectivity index (χ4n) is 3.99. The highest BCUT2D eigenvalue weighted by Gasteiger charge is 2.18. The van der Waals surface area contributed by atoms with Crippen LogP contribution in [0.25, 0.3) is 10.9 Å². The van der Waals surface area contributed by atoms with E-state index < -0.39 is 0 Å². The summed E-state index contributed by atoms with van der Waals surface area (Å²) in [5.41, 5.74) is 1.55. The van der Waals surface area contributed by atoms with Gasteiger partial charge >= 0.3 is 0 Å². The van der Waals surface area contributed by atoms with Gasteiger partial charge in [-0.05, 0) is 60.9 Å². The molecule has 1 amide bonds. The lowest BCUT2D eigenvalue weighted by molar-refractivity contribution is 0.0858. The van der Waals surface area contributed by atoms with Crippen LogP contribution in [0, 0.1) is 5.82 Å². The van der Waals surface area contributed by atoms with E-state index in [4.69, 9.17) is 14.1 Å². The van der Waals surface area contributed by atoms with Crippen molar-refractivity contribution in [1.29, 1.82) is 0 Å². The second-order valence-corrected chi connectivity index (χ2v) is 9.30. The van der Waals surface area contributed by atoms with Gasteiger partial charge < -0.3 is 14.5 Å². The van der Waals surface area contributed by atoms with E-state index in [-0.39, 0.29) is 29.9 Å². The molecule has 0 bridgehead atoms. The van der Waals surface area contributed by atoms with E-state index in [1.165, 1.54) is 23.9 Å². The summed E-state index contributed by atoms with van der Waals surface area (Å²) in [4.78, 5) is 30.9. The molecule has 0 unspecified atom stereocenters. The molecular weight excluding hydrogens is 469 g/mol. The van der Waals surface area contributed by atoms with E-state index in [1.54, 1.807) is 53.3 Å². The third-order valence-electron chi connectivity index (χ3n) is 5.87. The first-order valence-corrected chi connectivity index (χ1v) is 12.4. The fourth-order valence-corrected chi connectivity index (χ4v) is 4.95. The topological polar surface area (TPSA) is 86.4 Å². The first-order chi connectivity index (χ1) is 17.1. The summed E-state index contributed by atoms with van der Waals surface area (Å²) in [7, 11) is 0. The Bertz CT molecular complexity index is 1380. The number of hydrogen-bond acceptors (Lipinski definition) is 6. The smallest absolute Gasteiger partial charge is 0.262 e. The number of halogens is 1. The maximum atomic E-state index is 13.4. The second kappa shape index (κ2) is 10.5. The Morgan fingerprint density at radius 3 is 2.80 bits per heavy atom. The molecule has 0 saturated carbocycles. The van der Waals surface area contributed by atoms with Gasteiger partial charge in [-0.15, -0.1) is 0 Å². The average molecular weight is 494 g/mol. The van der Waals surface area contributed by atoms with Gasteiger partial charge in [0.05, 0.1) is 29.8 Å². The van der Waals surface area contributed by atoms with E-state index in [0.29, 0.717) is 39.7 Å². The number of thioether (sulfide) groups is 1. The molecule has 35 heavy (non-hydrogen) atoms. The number of aromatic nitrogens is 2. The van der Waals surface area contributed by atoms with E-state index >= 15 is 0 Å². The number of hydrogen-bond donors (Lipinski definition) is 1. The van der Waals surface area contributed by atoms with Gasteiger partial charge in [0.15, 0.2) is 5.16 Å². The summed E-state index contributed by atoms with van der Waals surface area (Å²) in [5.74, 6) is 0.590. The highest BCUT2D eigenvalue weighted by Crippen LogP contribution is 2.24. The molecule has 1 fully saturated rings. The Morgan fingerprint density at radius 2 is 2.06 bits per heavy atom. The normalized spacial score (nSPS) is 15.5. The molecular formula is C26H24FN3O4S. The number of fused-ring (bicyclic) bond motifs is 1. The largest absolute Gasteiger partial charge is 0.467 e. The van der Waals surface area contributed by atoms with Gasteiger partial charge in [-0.25, -0.2) is 9.37 Å². The second-order valence-electron chi connectivity index (χ2n) is 8.36. The Kier molecular flexibility index (Phi) is 6.96. The number of rotatable bonds is 8. The zero-order valence-electron chi connectivity index (χ0n) is 18.9. The Balaban J connectivity index is 1.45. The minimum Gasteiger partial charge on any atom is -0.467 e. The number of carbonyl (C=O) groups excluding carboxylic acids is 1. The third kappa shape index (κ3) is 5.47. The standard InChI is InChI=1S/C26H24FN3O4S/c27-19-8-5-17(6-9-19)16-35-26-29-23-13-18(24(31)28-14-20-3-1-11-33-20)7-10-22(23)25(32)30(26)15-21-4-2-12-34-21/h2,4-10,12-13,20H,1,3,11,14-16H2,(H,28,31)/t20-/m0/s1. The number of amides is 1. The van der Waals surface area contributed by atoms with Crippen molar-refractivity contribution in [1.82, 2.24) is 14.9 Å². The summed E-state index contributed by atoms with van der Waals surface area (Å²) in [5, 5.41) is 3.81. The monoisotopic (exact) mass is 493 g/mol. The number of nitrogens with zero attached hydrogens (tertiary/aromatic N) is 2. The first kappa shape index (κ1) is 23.3. The van der Waals surface area contributed by atoms with Crippen LogP contribution < -0.4 is 10.9 Å². The van der Waals surface area contributed by atoms with Crippen LogP contribution in [-0.4, -0.2) is 34.7 Å². The Morgan fingerprint density at radius 1 is 1.20 bits per heavy atom. The number of carbonyl (C=O) groups is 1. The zero-order chi connectivity index (χ0) is 24.2. The highest BCUT2D eigenvalue weighted by molar-refractivity contribution is 7.98. The van der Waals surface area contributed by atoms with Gasteiger partial charge in [0.2, 0.25) is 0 Å². The van der Waals surface area contributed by atoms with Crippen LogP contribution in [0.5, 0.6) is 0 Å². The lowest BCUT2D eigenvalue weighted by atomic mass is 10.1. The zero-order valence-corrected chi connectivity index (χ0v) is 19.7. The molecule has 7 nitrogen and oxygen atoms in total. The predicted octanol–water partition coefficient (Wildman–Crippen LogP) is 4.38. The van der Waals surface area contributed by atoms with Crippen LogP contribution >= 0.6 is 11.8 Å². The van der Waals surface area contributed by atoms with Gasteiger partial charge in [-0.3, -0.25) is 14.2 Å². The summed E-state index contributed by atoms with van der Waals surface area (Å²) in [6, 6.07) is 14.7. The molecule has 0 spiro atoms. The molecule has 1 aliphatic rings. The molecule has 3 heterocycles. The first-order valence-electron chi connectivity index (χ1n) is 11.4. The van der Waals surface area contributed by atoms with Crippen LogP contribution in [0.2, 0.25) is 0 Å². The van der Waals surface area contributed by atoms with Gasteiger partial charge in [-0.1, -0.05) is 23.9 Å². The number of ether oxygens (including phenoxy) is 1. The molecule has 1 saturated heterocycles. The lowest BCUT2D eigenvalue weighted by Crippen LogP contribution is -2.31. The molecule has 9 heteroatoms. The van der Waals surface area contributed by atoms with Crippen LogP contribution in [0.4, 0.5) is 4.39 Å². The minimum atomic E-state index is -0.303. The molecule has 2 aromatic carbocycles. The van der Waals surface area contributed by atoms with Gasteiger partial charge in [0, 0.05) is 24.5 Å². The van der Waals surface area contributed by atoms with Crippen molar-refractivity contribution >= 4 is 28.6 Å². The van der Waals surface area contributed by atoms with Crippen LogP contribution in [-0.2, 0) is 17.0 Å². The van der Waals surface area contributed by atoms with Gasteiger partial charge in [-0.2, -0.15) is 0 Å². The third-order valence-corrected chi connectivity index (χ3v) is 6.92. The van der Waals surface area contributed by atoms with Crippen molar-refractivity contribution in [3.63, 3.8) is 0 Å². The number of furan rings is 1. The quantitative estimate of drug-likeness (QED) is 0.290. The van der Waals surface area contributed by atoms with Gasteiger partial charge in [0.25, 0.3) is 11.5 Å². The van der Waals surface area contributed by atoms with E-state index in [0.717, 1.165) is 25.0 Å². The summed E-state index contributed by atoms with van der Waals surface area (Å²) >= 11 is 1.37. The Labute approximate surface area is 205 Å². The molecule has 2 aromatic heterocycles. The van der Waals surface area contributed by atoms with E-state index in [9.17, 15) is 14.0 Å². The molecule has 0 aliphatic carbocycles. The maximum absolute atomic E-state index is 13.4. The molecule has 5 rings (SSSR count). The lowest BCUT2D eigenvalue weighted by Gasteiger charge is -2.13. The summed E-state index contributed by atoms with van der Waals surface area (Å²) in [6.45, 7) is 1.40. The maximum Gasteiger partial charge on any atom is 0.262 e. The Hall–Kier alpha value is -3.43. The van der Waals surface area contributed by atoms with Crippen LogP contribution in [0.15, 0.2) is 75.2 Å². The van der Waals surface area contributed by atoms with E-state index in [1.807, 2.05) is 0 Å². The molecule has 1 atom stereocenters. The van der Waals surface area contributed by atoms with Crippen LogP contribution in [0.3, 0.4) is 0 Å². The van der Waals surface area contributed by atoms with Crippen LogP contribution in [0.1, 0.15) is 34.5 Å². The average Bonchev–Trinajstić information content (AvgIpc) is 3.58. The van der Waals surface area contributed by atoms with Crippen molar-refractivity contribution in [3.8, 4) is 0 Å². The van der Waals surface area contributed by atoms with Crippen molar-refractivity contribution in [2.24, 2.45) is 0 Å².